The van der Waals surface area contributed by atoms with E-state index in [1.807, 2.05) is 26.0 Å². The van der Waals surface area contributed by atoms with Crippen LogP contribution >= 0.6 is 0 Å². The minimum Gasteiger partial charge on any atom is -0.393 e. The van der Waals surface area contributed by atoms with E-state index in [2.05, 4.69) is 0 Å². The predicted molar refractivity (Wildman–Crippen MR) is 54.3 cm³/mol. The fourth-order valence-corrected chi connectivity index (χ4v) is 3.32. The first kappa shape index (κ1) is 10.0. The number of hydrogen-bond donors (Lipinski definition) is 0. The fourth-order valence-electron chi connectivity index (χ4n) is 3.32. The largest absolute Gasteiger partial charge is 0.393 e. The van der Waals surface area contributed by atoms with Gasteiger partial charge in [0.2, 0.25) is 0 Å². The van der Waals surface area contributed by atoms with E-state index in [1.54, 1.807) is 0 Å². The van der Waals surface area contributed by atoms with E-state index in [4.69, 9.17) is 9.47 Å². The first-order valence-corrected chi connectivity index (χ1v) is 5.74. The maximum absolute atomic E-state index is 11.7. The van der Waals surface area contributed by atoms with E-state index >= 15 is 0 Å². The molecule has 3 heterocycles. The predicted octanol–water partition coefficient (Wildman–Crippen LogP) is 1.20. The number of esters is 2. The number of carbonyl (C=O) groups excluding carboxylic acids is 2. The molecule has 4 unspecified atom stereocenters. The Labute approximate surface area is 93.6 Å². The summed E-state index contributed by atoms with van der Waals surface area (Å²) in [5.74, 6) is -1.71. The summed E-state index contributed by atoms with van der Waals surface area (Å²) in [6.45, 7) is 3.93. The maximum atomic E-state index is 11.7. The van der Waals surface area contributed by atoms with Gasteiger partial charge in [-0.1, -0.05) is 26.0 Å². The Balaban J connectivity index is 2.15. The molecule has 3 aliphatic heterocycles. The third kappa shape index (κ3) is 0.857. The summed E-state index contributed by atoms with van der Waals surface area (Å²) >= 11 is 0. The van der Waals surface area contributed by atoms with Gasteiger partial charge < -0.3 is 9.47 Å². The minimum atomic E-state index is -0.607. The summed E-state index contributed by atoms with van der Waals surface area (Å²) in [7, 11) is 0. The quantitative estimate of drug-likeness (QED) is 0.400. The molecule has 4 nitrogen and oxygen atoms in total. The molecule has 2 bridgehead atoms. The minimum absolute atomic E-state index is 0.420. The zero-order chi connectivity index (χ0) is 11.6. The van der Waals surface area contributed by atoms with Gasteiger partial charge in [-0.15, -0.1) is 0 Å². The fraction of sp³-hybridized carbons (Fsp3) is 0.667. The zero-order valence-corrected chi connectivity index (χ0v) is 9.36. The highest BCUT2D eigenvalue weighted by Gasteiger charge is 2.71. The molecule has 2 fully saturated rings. The molecule has 0 aliphatic carbocycles. The molecule has 0 radical (unpaired) electrons. The van der Waals surface area contributed by atoms with Gasteiger partial charge in [0, 0.05) is 0 Å². The smallest absolute Gasteiger partial charge is 0.320 e. The van der Waals surface area contributed by atoms with Crippen LogP contribution in [0.1, 0.15) is 26.7 Å². The van der Waals surface area contributed by atoms with Crippen molar-refractivity contribution in [3.05, 3.63) is 12.2 Å². The Hall–Kier alpha value is -1.16. The molecular weight excluding hydrogens is 208 g/mol. The van der Waals surface area contributed by atoms with E-state index < -0.39 is 35.0 Å². The zero-order valence-electron chi connectivity index (χ0n) is 9.36. The standard InChI is InChI=1S/C12H14O4/c1-3-11-5-6-12(4-2,16-11)8-7(11)9(13)15-10(8)14/h5-8H,3-4H2,1-2H3. The third-order valence-electron chi connectivity index (χ3n) is 4.23. The first-order valence-electron chi connectivity index (χ1n) is 5.74. The van der Waals surface area contributed by atoms with Crippen molar-refractivity contribution in [2.24, 2.45) is 11.8 Å². The van der Waals surface area contributed by atoms with E-state index in [1.165, 1.54) is 0 Å². The highest BCUT2D eigenvalue weighted by atomic mass is 16.6. The van der Waals surface area contributed by atoms with Crippen LogP contribution in [-0.2, 0) is 19.1 Å². The lowest BCUT2D eigenvalue weighted by Crippen LogP contribution is -2.39. The Kier molecular flexibility index (Phi) is 1.72. The summed E-state index contributed by atoms with van der Waals surface area (Å²) in [5.41, 5.74) is -1.21. The molecule has 4 atom stereocenters. The molecule has 4 heteroatoms. The van der Waals surface area contributed by atoms with Crippen molar-refractivity contribution in [1.29, 1.82) is 0 Å². The molecule has 16 heavy (non-hydrogen) atoms. The van der Waals surface area contributed by atoms with Gasteiger partial charge in [0.1, 0.15) is 23.0 Å². The Morgan fingerprint density at radius 2 is 1.50 bits per heavy atom. The number of ether oxygens (including phenoxy) is 2. The lowest BCUT2D eigenvalue weighted by molar-refractivity contribution is -0.161. The molecule has 3 rings (SSSR count). The van der Waals surface area contributed by atoms with Crippen LogP contribution in [0.25, 0.3) is 0 Å². The van der Waals surface area contributed by atoms with Crippen LogP contribution in [0.4, 0.5) is 0 Å². The van der Waals surface area contributed by atoms with Gasteiger partial charge in [-0.2, -0.15) is 0 Å². The second-order valence-corrected chi connectivity index (χ2v) is 4.75. The van der Waals surface area contributed by atoms with Gasteiger partial charge >= 0.3 is 11.9 Å². The summed E-state index contributed by atoms with van der Waals surface area (Å²) in [6.07, 6.45) is 5.26. The van der Waals surface area contributed by atoms with E-state index in [0.29, 0.717) is 12.8 Å². The highest BCUT2D eigenvalue weighted by molar-refractivity contribution is 5.99. The maximum Gasteiger partial charge on any atom is 0.320 e. The van der Waals surface area contributed by atoms with Crippen LogP contribution in [0.15, 0.2) is 12.2 Å². The number of rotatable bonds is 2. The van der Waals surface area contributed by atoms with Crippen LogP contribution in [0, 0.1) is 11.8 Å². The van der Waals surface area contributed by atoms with Crippen molar-refractivity contribution >= 4 is 11.9 Å². The first-order chi connectivity index (χ1) is 7.58. The number of cyclic esters (lactones) is 2. The molecule has 0 aromatic heterocycles. The molecule has 0 amide bonds. The summed E-state index contributed by atoms with van der Waals surface area (Å²) in [4.78, 5) is 23.4. The van der Waals surface area contributed by atoms with Gasteiger partial charge in [0.15, 0.2) is 0 Å². The molecule has 2 saturated heterocycles. The van der Waals surface area contributed by atoms with Crippen molar-refractivity contribution in [3.8, 4) is 0 Å². The molecule has 0 spiro atoms. The normalized spacial score (nSPS) is 48.6. The lowest BCUT2D eigenvalue weighted by atomic mass is 9.70. The van der Waals surface area contributed by atoms with Gasteiger partial charge in [-0.05, 0) is 12.8 Å². The third-order valence-corrected chi connectivity index (χ3v) is 4.23. The summed E-state index contributed by atoms with van der Waals surface area (Å²) < 4.78 is 10.8. The number of carbonyl (C=O) groups is 2. The molecule has 0 N–H and O–H groups in total. The topological polar surface area (TPSA) is 52.6 Å². The average Bonchev–Trinajstić information content (AvgIpc) is 2.89. The van der Waals surface area contributed by atoms with Crippen LogP contribution < -0.4 is 0 Å². The van der Waals surface area contributed by atoms with Crippen molar-refractivity contribution < 1.29 is 19.1 Å². The van der Waals surface area contributed by atoms with E-state index in [0.717, 1.165) is 0 Å². The molecule has 0 aromatic carbocycles. The second kappa shape index (κ2) is 2.74. The van der Waals surface area contributed by atoms with E-state index in [9.17, 15) is 9.59 Å². The Bertz CT molecular complexity index is 377. The molecule has 3 aliphatic rings. The molecule has 86 valence electrons. The van der Waals surface area contributed by atoms with Crippen LogP contribution in [0.3, 0.4) is 0 Å². The van der Waals surface area contributed by atoms with Crippen molar-refractivity contribution in [1.82, 2.24) is 0 Å². The van der Waals surface area contributed by atoms with Gasteiger partial charge in [0.05, 0.1) is 0 Å². The van der Waals surface area contributed by atoms with E-state index in [-0.39, 0.29) is 0 Å². The molecular formula is C12H14O4. The molecule has 0 aromatic rings. The van der Waals surface area contributed by atoms with Gasteiger partial charge in [0.25, 0.3) is 0 Å². The molecule has 0 saturated carbocycles. The SMILES string of the molecule is CCC12C=CC(CC)(O1)C1C(=O)OC(=O)C12. The number of fused-ring (bicyclic) bond motifs is 5. The lowest BCUT2D eigenvalue weighted by Gasteiger charge is -2.25. The highest BCUT2D eigenvalue weighted by Crippen LogP contribution is 2.59. The van der Waals surface area contributed by atoms with Crippen LogP contribution in [0.5, 0.6) is 0 Å². The Morgan fingerprint density at radius 3 is 1.88 bits per heavy atom. The van der Waals surface area contributed by atoms with Crippen LogP contribution in [0.2, 0.25) is 0 Å². The average molecular weight is 222 g/mol. The van der Waals surface area contributed by atoms with Crippen LogP contribution in [-0.4, -0.2) is 23.1 Å². The second-order valence-electron chi connectivity index (χ2n) is 4.75. The van der Waals surface area contributed by atoms with Crippen molar-refractivity contribution in [3.63, 3.8) is 0 Å². The van der Waals surface area contributed by atoms with Crippen molar-refractivity contribution in [2.45, 2.75) is 37.9 Å². The van der Waals surface area contributed by atoms with Crippen molar-refractivity contribution in [2.75, 3.05) is 0 Å². The number of hydrogen-bond acceptors (Lipinski definition) is 4. The monoisotopic (exact) mass is 222 g/mol. The van der Waals surface area contributed by atoms with Gasteiger partial charge in [-0.25, -0.2) is 0 Å². The van der Waals surface area contributed by atoms with Gasteiger partial charge in [-0.3, -0.25) is 9.59 Å². The summed E-state index contributed by atoms with van der Waals surface area (Å²) in [5, 5.41) is 0. The Morgan fingerprint density at radius 1 is 1.06 bits per heavy atom. The summed E-state index contributed by atoms with van der Waals surface area (Å²) in [6, 6.07) is 0.